The fourth-order valence-corrected chi connectivity index (χ4v) is 5.28. The van der Waals surface area contributed by atoms with Crippen molar-refractivity contribution in [1.29, 1.82) is 0 Å². The van der Waals surface area contributed by atoms with Gasteiger partial charge in [-0.25, -0.2) is 8.78 Å². The van der Waals surface area contributed by atoms with Crippen molar-refractivity contribution in [2.75, 3.05) is 39.3 Å². The SMILES string of the molecule is CCCN(CCC)C(=O)c1cc(C)cc(C(=O)NC(Cc2cc(F)cc(F)c2)[C@@H](O)C[C@@H](C)C(=O)NCCN(CC)CC)c1. The molecule has 1 unspecified atom stereocenters. The molecule has 3 atom stereocenters. The Balaban J connectivity index is 2.27. The Morgan fingerprint density at radius 1 is 0.864 bits per heavy atom. The molecule has 0 aliphatic carbocycles. The topological polar surface area (TPSA) is 102 Å². The minimum atomic E-state index is -1.20. The highest BCUT2D eigenvalue weighted by molar-refractivity contribution is 6.00. The van der Waals surface area contributed by atoms with Gasteiger partial charge in [-0.05, 0) is 87.2 Å². The van der Waals surface area contributed by atoms with Crippen LogP contribution in [0, 0.1) is 24.5 Å². The summed E-state index contributed by atoms with van der Waals surface area (Å²) in [7, 11) is 0. The van der Waals surface area contributed by atoms with Crippen LogP contribution in [-0.2, 0) is 11.2 Å². The van der Waals surface area contributed by atoms with Crippen molar-refractivity contribution < 1.29 is 28.3 Å². The first kappa shape index (κ1) is 36.8. The lowest BCUT2D eigenvalue weighted by atomic mass is 9.93. The van der Waals surface area contributed by atoms with E-state index in [1.165, 1.54) is 6.07 Å². The Kier molecular flexibility index (Phi) is 15.4. The molecule has 0 aliphatic rings. The molecule has 2 aromatic carbocycles. The largest absolute Gasteiger partial charge is 0.391 e. The maximum atomic E-state index is 14.0. The molecule has 0 heterocycles. The van der Waals surface area contributed by atoms with Crippen molar-refractivity contribution in [2.45, 2.75) is 79.4 Å². The maximum Gasteiger partial charge on any atom is 0.253 e. The van der Waals surface area contributed by atoms with Gasteiger partial charge in [0.25, 0.3) is 11.8 Å². The molecule has 0 saturated carbocycles. The zero-order valence-corrected chi connectivity index (χ0v) is 27.1. The van der Waals surface area contributed by atoms with E-state index in [-0.39, 0.29) is 35.8 Å². The Morgan fingerprint density at radius 3 is 2.02 bits per heavy atom. The van der Waals surface area contributed by atoms with E-state index in [9.17, 15) is 28.3 Å². The summed E-state index contributed by atoms with van der Waals surface area (Å²) in [5.74, 6) is -3.07. The first-order valence-corrected chi connectivity index (χ1v) is 15.8. The van der Waals surface area contributed by atoms with Crippen LogP contribution in [0.15, 0.2) is 36.4 Å². The van der Waals surface area contributed by atoms with Gasteiger partial charge in [0.05, 0.1) is 12.1 Å². The van der Waals surface area contributed by atoms with E-state index in [0.29, 0.717) is 37.3 Å². The fourth-order valence-electron chi connectivity index (χ4n) is 5.28. The van der Waals surface area contributed by atoms with E-state index in [1.54, 1.807) is 30.9 Å². The summed E-state index contributed by atoms with van der Waals surface area (Å²) in [6.45, 7) is 15.7. The highest BCUT2D eigenvalue weighted by atomic mass is 19.1. The molecule has 3 amide bonds. The van der Waals surface area contributed by atoms with E-state index in [4.69, 9.17) is 0 Å². The summed E-state index contributed by atoms with van der Waals surface area (Å²) in [6, 6.07) is 7.00. The predicted octanol–water partition coefficient (Wildman–Crippen LogP) is 4.72. The van der Waals surface area contributed by atoms with Crippen LogP contribution in [0.3, 0.4) is 0 Å². The smallest absolute Gasteiger partial charge is 0.253 e. The molecule has 0 radical (unpaired) electrons. The highest BCUT2D eigenvalue weighted by Crippen LogP contribution is 2.18. The number of carbonyl (C=O) groups is 3. The number of nitrogens with zero attached hydrogens (tertiary/aromatic N) is 2. The van der Waals surface area contributed by atoms with Crippen LogP contribution in [0.2, 0.25) is 0 Å². The van der Waals surface area contributed by atoms with Gasteiger partial charge in [-0.3, -0.25) is 14.4 Å². The molecule has 0 spiro atoms. The van der Waals surface area contributed by atoms with Crippen molar-refractivity contribution in [3.63, 3.8) is 0 Å². The number of likely N-dealkylation sites (N-methyl/N-ethyl adjacent to an activating group) is 1. The Bertz CT molecular complexity index is 1210. The van der Waals surface area contributed by atoms with Crippen molar-refractivity contribution in [2.24, 2.45) is 5.92 Å². The molecule has 244 valence electrons. The Morgan fingerprint density at radius 2 is 1.45 bits per heavy atom. The number of nitrogens with one attached hydrogen (secondary N) is 2. The number of aryl methyl sites for hydroxylation is 1. The number of carbonyl (C=O) groups excluding carboxylic acids is 3. The molecule has 3 N–H and O–H groups in total. The van der Waals surface area contributed by atoms with Gasteiger partial charge in [0, 0.05) is 49.3 Å². The second kappa shape index (κ2) is 18.4. The van der Waals surface area contributed by atoms with Crippen molar-refractivity contribution in [3.8, 4) is 0 Å². The van der Waals surface area contributed by atoms with E-state index >= 15 is 0 Å². The van der Waals surface area contributed by atoms with Crippen molar-refractivity contribution in [3.05, 3.63) is 70.3 Å². The van der Waals surface area contributed by atoms with E-state index in [1.807, 2.05) is 27.7 Å². The molecule has 10 heteroatoms. The summed E-state index contributed by atoms with van der Waals surface area (Å²) in [5, 5.41) is 17.0. The summed E-state index contributed by atoms with van der Waals surface area (Å²) in [4.78, 5) is 43.5. The van der Waals surface area contributed by atoms with E-state index < -0.39 is 35.6 Å². The third-order valence-corrected chi connectivity index (χ3v) is 7.68. The van der Waals surface area contributed by atoms with Crippen molar-refractivity contribution in [1.82, 2.24) is 20.4 Å². The zero-order valence-electron chi connectivity index (χ0n) is 27.1. The molecule has 0 aliphatic heterocycles. The number of aliphatic hydroxyl groups is 1. The Hall–Kier alpha value is -3.37. The fraction of sp³-hybridized carbons (Fsp3) is 0.559. The van der Waals surface area contributed by atoms with Gasteiger partial charge < -0.3 is 25.5 Å². The van der Waals surface area contributed by atoms with Crippen LogP contribution in [0.25, 0.3) is 0 Å². The maximum absolute atomic E-state index is 14.0. The molecule has 2 aromatic rings. The lowest BCUT2D eigenvalue weighted by Gasteiger charge is -2.27. The number of hydrogen-bond acceptors (Lipinski definition) is 5. The number of hydrogen-bond donors (Lipinski definition) is 3. The summed E-state index contributed by atoms with van der Waals surface area (Å²) >= 11 is 0. The van der Waals surface area contributed by atoms with Gasteiger partial charge in [-0.2, -0.15) is 0 Å². The minimum absolute atomic E-state index is 0.0143. The van der Waals surface area contributed by atoms with Crippen LogP contribution >= 0.6 is 0 Å². The zero-order chi connectivity index (χ0) is 32.8. The summed E-state index contributed by atoms with van der Waals surface area (Å²) in [5.41, 5.74) is 1.58. The van der Waals surface area contributed by atoms with Crippen LogP contribution < -0.4 is 10.6 Å². The lowest BCUT2D eigenvalue weighted by Crippen LogP contribution is -2.46. The van der Waals surface area contributed by atoms with Gasteiger partial charge in [0.2, 0.25) is 5.91 Å². The average molecular weight is 617 g/mol. The molecular weight excluding hydrogens is 566 g/mol. The molecule has 0 aromatic heterocycles. The number of rotatable bonds is 18. The molecule has 0 saturated heterocycles. The first-order valence-electron chi connectivity index (χ1n) is 15.8. The first-order chi connectivity index (χ1) is 20.9. The number of aliphatic hydroxyl groups excluding tert-OH is 1. The highest BCUT2D eigenvalue weighted by Gasteiger charge is 2.27. The van der Waals surface area contributed by atoms with Crippen molar-refractivity contribution >= 4 is 17.7 Å². The normalized spacial score (nSPS) is 13.3. The standard InChI is InChI=1S/C34H50F2N4O4/c1-7-12-40(13-8-2)34(44)27-16-23(5)15-26(21-27)33(43)38-30(20-25-18-28(35)22-29(36)19-25)31(41)17-24(6)32(42)37-11-14-39(9-3)10-4/h15-16,18-19,21-22,24,30-31,41H,7-14,17,20H2,1-6H3,(H,37,42)(H,38,43)/t24-,30?,31+/m1/s1. The molecule has 44 heavy (non-hydrogen) atoms. The summed E-state index contributed by atoms with van der Waals surface area (Å²) in [6.07, 6.45) is 0.343. The third kappa shape index (κ3) is 11.6. The second-order valence-corrected chi connectivity index (χ2v) is 11.5. The quantitative estimate of drug-likeness (QED) is 0.225. The van der Waals surface area contributed by atoms with Crippen LogP contribution in [0.1, 0.15) is 85.7 Å². The van der Waals surface area contributed by atoms with Crippen LogP contribution in [-0.4, -0.2) is 84.0 Å². The lowest BCUT2D eigenvalue weighted by molar-refractivity contribution is -0.125. The molecule has 2 rings (SSSR count). The number of benzene rings is 2. The van der Waals surface area contributed by atoms with E-state index in [0.717, 1.165) is 44.1 Å². The molecule has 0 bridgehead atoms. The monoisotopic (exact) mass is 616 g/mol. The number of amides is 3. The van der Waals surface area contributed by atoms with Gasteiger partial charge in [-0.1, -0.05) is 34.6 Å². The van der Waals surface area contributed by atoms with Crippen LogP contribution in [0.4, 0.5) is 8.78 Å². The number of halogens is 2. The average Bonchev–Trinajstić information content (AvgIpc) is 2.97. The molecule has 8 nitrogen and oxygen atoms in total. The van der Waals surface area contributed by atoms with Crippen LogP contribution in [0.5, 0.6) is 0 Å². The van der Waals surface area contributed by atoms with Gasteiger partial charge in [0.1, 0.15) is 11.6 Å². The molecular formula is C34H50F2N4O4. The second-order valence-electron chi connectivity index (χ2n) is 11.5. The van der Waals surface area contributed by atoms with Gasteiger partial charge in [0.15, 0.2) is 0 Å². The van der Waals surface area contributed by atoms with Gasteiger partial charge in [-0.15, -0.1) is 0 Å². The van der Waals surface area contributed by atoms with E-state index in [2.05, 4.69) is 15.5 Å². The Labute approximate surface area is 261 Å². The predicted molar refractivity (Wildman–Crippen MR) is 170 cm³/mol. The van der Waals surface area contributed by atoms with Gasteiger partial charge >= 0.3 is 0 Å². The minimum Gasteiger partial charge on any atom is -0.391 e. The molecule has 0 fully saturated rings. The third-order valence-electron chi connectivity index (χ3n) is 7.68. The summed E-state index contributed by atoms with van der Waals surface area (Å²) < 4.78 is 28.0.